The highest BCUT2D eigenvalue weighted by Gasteiger charge is 2.33. The molecule has 3 heterocycles. The summed E-state index contributed by atoms with van der Waals surface area (Å²) in [5, 5.41) is 0. The molecule has 0 radical (unpaired) electrons. The summed E-state index contributed by atoms with van der Waals surface area (Å²) in [6, 6.07) is 13.8. The van der Waals surface area contributed by atoms with Crippen molar-refractivity contribution < 1.29 is 28.5 Å². The molecule has 2 aromatic carbocycles. The third-order valence-electron chi connectivity index (χ3n) is 7.00. The number of carbonyl (C=O) groups excluding carboxylic acids is 2. The molecule has 0 aliphatic carbocycles. The molecule has 2 aliphatic rings. The van der Waals surface area contributed by atoms with Crippen LogP contribution in [-0.2, 0) is 19.1 Å². The van der Waals surface area contributed by atoms with E-state index in [4.69, 9.17) is 18.9 Å². The van der Waals surface area contributed by atoms with Crippen molar-refractivity contribution in [3.05, 3.63) is 90.6 Å². The Morgan fingerprint density at radius 3 is 2.35 bits per heavy atom. The topological polar surface area (TPSA) is 109 Å². The maximum Gasteiger partial charge on any atom is 0.338 e. The fourth-order valence-electron chi connectivity index (χ4n) is 4.95. The molecule has 1 amide bonds. The zero-order valence-electron chi connectivity index (χ0n) is 24.7. The lowest BCUT2D eigenvalue weighted by Crippen LogP contribution is -2.42. The van der Waals surface area contributed by atoms with Crippen LogP contribution in [0.5, 0.6) is 11.5 Å². The zero-order chi connectivity index (χ0) is 30.5. The Kier molecular flexibility index (Phi) is 9.42. The molecule has 0 spiro atoms. The molecule has 1 atom stereocenters. The molecule has 0 bridgehead atoms. The van der Waals surface area contributed by atoms with Crippen LogP contribution in [0.3, 0.4) is 0 Å². The third-order valence-corrected chi connectivity index (χ3v) is 7.98. The highest BCUT2D eigenvalue weighted by atomic mass is 32.1. The molecule has 0 unspecified atom stereocenters. The lowest BCUT2D eigenvalue weighted by Gasteiger charge is -2.26. The second-order valence-electron chi connectivity index (χ2n) is 10.4. The van der Waals surface area contributed by atoms with Gasteiger partial charge in [0.2, 0.25) is 0 Å². The van der Waals surface area contributed by atoms with Crippen molar-refractivity contribution in [1.29, 1.82) is 0 Å². The quantitative estimate of drug-likeness (QED) is 0.345. The van der Waals surface area contributed by atoms with Gasteiger partial charge in [0.1, 0.15) is 11.5 Å². The van der Waals surface area contributed by atoms with Crippen molar-refractivity contribution in [2.24, 2.45) is 4.99 Å². The summed E-state index contributed by atoms with van der Waals surface area (Å²) in [5.74, 6) is 0.665. The monoisotopic (exact) mass is 605 g/mol. The summed E-state index contributed by atoms with van der Waals surface area (Å²) >= 11 is 1.26. The van der Waals surface area contributed by atoms with Crippen LogP contribution in [0.15, 0.2) is 69.6 Å². The number of aromatic nitrogens is 1. The first kappa shape index (κ1) is 30.2. The predicted molar refractivity (Wildman–Crippen MR) is 162 cm³/mol. The second kappa shape index (κ2) is 13.4. The van der Waals surface area contributed by atoms with E-state index in [2.05, 4.69) is 4.99 Å². The summed E-state index contributed by atoms with van der Waals surface area (Å²) in [6.45, 7) is 9.93. The van der Waals surface area contributed by atoms with Crippen molar-refractivity contribution in [1.82, 2.24) is 9.47 Å². The molecule has 1 aromatic heterocycles. The van der Waals surface area contributed by atoms with E-state index < -0.39 is 12.0 Å². The minimum Gasteiger partial charge on any atom is -0.494 e. The van der Waals surface area contributed by atoms with Gasteiger partial charge in [-0.1, -0.05) is 35.6 Å². The van der Waals surface area contributed by atoms with Gasteiger partial charge in [-0.25, -0.2) is 9.79 Å². The Morgan fingerprint density at radius 2 is 1.70 bits per heavy atom. The van der Waals surface area contributed by atoms with Gasteiger partial charge in [0.25, 0.3) is 11.5 Å². The number of nitrogens with zero attached hydrogens (tertiary/aromatic N) is 3. The number of benzene rings is 2. The standard InChI is InChI=1S/C32H35N3O7S/c1-5-40-24-12-8-23(9-13-24)29-28(31(38)42-20(2)3)21(4)33-32-35(29)30(37)26(43-32)18-22-6-10-25(11-7-22)41-19-27(36)34-14-16-39-17-15-34/h6-13,18,20,29H,5,14-17,19H2,1-4H3/b26-18-/t29-/m1/s1. The summed E-state index contributed by atoms with van der Waals surface area (Å²) in [6.07, 6.45) is 1.45. The van der Waals surface area contributed by atoms with E-state index in [9.17, 15) is 14.4 Å². The van der Waals surface area contributed by atoms with Gasteiger partial charge in [-0.05, 0) is 69.2 Å². The molecule has 0 saturated carbocycles. The Bertz CT molecular complexity index is 1680. The van der Waals surface area contributed by atoms with E-state index in [1.807, 2.05) is 43.3 Å². The van der Waals surface area contributed by atoms with E-state index >= 15 is 0 Å². The molecule has 2 aliphatic heterocycles. The molecule has 1 saturated heterocycles. The molecule has 10 nitrogen and oxygen atoms in total. The van der Waals surface area contributed by atoms with Crippen molar-refractivity contribution in [2.75, 3.05) is 39.5 Å². The van der Waals surface area contributed by atoms with Gasteiger partial charge >= 0.3 is 5.97 Å². The number of carbonyl (C=O) groups is 2. The molecule has 5 rings (SSSR count). The normalized spacial score (nSPS) is 17.0. The Hall–Kier alpha value is -4.22. The maximum atomic E-state index is 13.9. The molecular formula is C32H35N3O7S. The van der Waals surface area contributed by atoms with E-state index in [0.717, 1.165) is 11.1 Å². The summed E-state index contributed by atoms with van der Waals surface area (Å²) in [4.78, 5) is 46.4. The predicted octanol–water partition coefficient (Wildman–Crippen LogP) is 2.82. The minimum atomic E-state index is -0.708. The molecule has 3 aromatic rings. The highest BCUT2D eigenvalue weighted by Crippen LogP contribution is 2.32. The number of amides is 1. The van der Waals surface area contributed by atoms with Gasteiger partial charge in [0, 0.05) is 13.1 Å². The summed E-state index contributed by atoms with van der Waals surface area (Å²) in [7, 11) is 0. The van der Waals surface area contributed by atoms with Crippen LogP contribution in [0.1, 0.15) is 44.9 Å². The van der Waals surface area contributed by atoms with Crippen LogP contribution < -0.4 is 24.4 Å². The van der Waals surface area contributed by atoms with Gasteiger partial charge in [0.05, 0.1) is 47.8 Å². The first-order valence-electron chi connectivity index (χ1n) is 14.3. The van der Waals surface area contributed by atoms with Gasteiger partial charge in [-0.3, -0.25) is 14.2 Å². The van der Waals surface area contributed by atoms with E-state index in [0.29, 0.717) is 65.0 Å². The SMILES string of the molecule is CCOc1ccc([C@@H]2C(C(=O)OC(C)C)=C(C)N=c3s/c(=C\c4ccc(OCC(=O)N5CCOCC5)cc4)c(=O)n32)cc1. The van der Waals surface area contributed by atoms with E-state index in [-0.39, 0.29) is 24.2 Å². The Labute approximate surface area is 253 Å². The van der Waals surface area contributed by atoms with E-state index in [1.165, 1.54) is 11.3 Å². The maximum absolute atomic E-state index is 13.9. The molecule has 43 heavy (non-hydrogen) atoms. The van der Waals surface area contributed by atoms with Crippen molar-refractivity contribution in [3.8, 4) is 11.5 Å². The molecule has 226 valence electrons. The number of hydrogen-bond donors (Lipinski definition) is 0. The lowest BCUT2D eigenvalue weighted by atomic mass is 9.96. The van der Waals surface area contributed by atoms with Gasteiger partial charge in [-0.15, -0.1) is 0 Å². The van der Waals surface area contributed by atoms with Crippen LogP contribution in [0.25, 0.3) is 6.08 Å². The third kappa shape index (κ3) is 6.89. The van der Waals surface area contributed by atoms with Crippen LogP contribution in [0.2, 0.25) is 0 Å². The number of allylic oxidation sites excluding steroid dienone is 1. The van der Waals surface area contributed by atoms with Crippen molar-refractivity contribution in [2.45, 2.75) is 39.8 Å². The number of esters is 1. The summed E-state index contributed by atoms with van der Waals surface area (Å²) < 4.78 is 24.2. The number of thiazole rings is 1. The fourth-order valence-corrected chi connectivity index (χ4v) is 6.00. The first-order valence-corrected chi connectivity index (χ1v) is 15.1. The van der Waals surface area contributed by atoms with Crippen LogP contribution in [0.4, 0.5) is 0 Å². The van der Waals surface area contributed by atoms with Crippen molar-refractivity contribution >= 4 is 29.3 Å². The molecule has 0 N–H and O–H groups in total. The number of rotatable bonds is 9. The molecule has 1 fully saturated rings. The Morgan fingerprint density at radius 1 is 1.05 bits per heavy atom. The van der Waals surface area contributed by atoms with Crippen molar-refractivity contribution in [3.63, 3.8) is 0 Å². The van der Waals surface area contributed by atoms with Crippen LogP contribution in [-0.4, -0.2) is 67.0 Å². The number of fused-ring (bicyclic) bond motifs is 1. The average molecular weight is 606 g/mol. The number of ether oxygens (including phenoxy) is 4. The number of hydrogen-bond acceptors (Lipinski definition) is 9. The first-order chi connectivity index (χ1) is 20.7. The van der Waals surface area contributed by atoms with E-state index in [1.54, 1.807) is 48.4 Å². The summed E-state index contributed by atoms with van der Waals surface area (Å²) in [5.41, 5.74) is 2.09. The fraction of sp³-hybridized carbons (Fsp3) is 0.375. The number of morpholine rings is 1. The Balaban J connectivity index is 1.44. The average Bonchev–Trinajstić information content (AvgIpc) is 3.30. The van der Waals surface area contributed by atoms with Crippen LogP contribution >= 0.6 is 11.3 Å². The largest absolute Gasteiger partial charge is 0.494 e. The smallest absolute Gasteiger partial charge is 0.338 e. The molecular weight excluding hydrogens is 570 g/mol. The van der Waals surface area contributed by atoms with Gasteiger partial charge in [-0.2, -0.15) is 0 Å². The van der Waals surface area contributed by atoms with Gasteiger partial charge < -0.3 is 23.8 Å². The van der Waals surface area contributed by atoms with Gasteiger partial charge in [0.15, 0.2) is 11.4 Å². The highest BCUT2D eigenvalue weighted by molar-refractivity contribution is 7.07. The zero-order valence-corrected chi connectivity index (χ0v) is 25.5. The minimum absolute atomic E-state index is 0.0512. The lowest BCUT2D eigenvalue weighted by molar-refractivity contribution is -0.143. The molecule has 11 heteroatoms. The second-order valence-corrected chi connectivity index (χ2v) is 11.4. The van der Waals surface area contributed by atoms with Crippen LogP contribution in [0, 0.1) is 0 Å².